The molecule has 2 aliphatic rings. The highest BCUT2D eigenvalue weighted by molar-refractivity contribution is 9.10. The van der Waals surface area contributed by atoms with Gasteiger partial charge >= 0.3 is 5.97 Å². The van der Waals surface area contributed by atoms with Gasteiger partial charge in [0, 0.05) is 41.4 Å². The lowest BCUT2D eigenvalue weighted by molar-refractivity contribution is -0.139. The van der Waals surface area contributed by atoms with E-state index < -0.39 is 23.9 Å². The Morgan fingerprint density at radius 1 is 1.43 bits per heavy atom. The third-order valence-corrected chi connectivity index (χ3v) is 7.29. The predicted octanol–water partition coefficient (Wildman–Crippen LogP) is 1.76. The second-order valence-corrected chi connectivity index (χ2v) is 9.95. The lowest BCUT2D eigenvalue weighted by Gasteiger charge is -2.37. The molecule has 37 heavy (non-hydrogen) atoms. The van der Waals surface area contributed by atoms with Crippen molar-refractivity contribution in [2.45, 2.75) is 19.0 Å². The van der Waals surface area contributed by atoms with Crippen LogP contribution in [0.1, 0.15) is 23.5 Å². The Balaban J connectivity index is 1.78. The minimum Gasteiger partial charge on any atom is -0.463 e. The van der Waals surface area contributed by atoms with Crippen LogP contribution in [0.25, 0.3) is 0 Å². The van der Waals surface area contributed by atoms with Gasteiger partial charge in [-0.05, 0) is 24.6 Å². The number of aliphatic hydroxyl groups is 1. The van der Waals surface area contributed by atoms with E-state index in [-0.39, 0.29) is 44.4 Å². The van der Waals surface area contributed by atoms with Gasteiger partial charge in [0.25, 0.3) is 0 Å². The van der Waals surface area contributed by atoms with Crippen LogP contribution >= 0.6 is 27.3 Å². The molecule has 1 saturated heterocycles. The van der Waals surface area contributed by atoms with E-state index in [4.69, 9.17) is 19.6 Å². The highest BCUT2D eigenvalue weighted by Crippen LogP contribution is 2.37. The zero-order valence-corrected chi connectivity index (χ0v) is 22.5. The molecule has 0 spiro atoms. The molecule has 4 rings (SSSR count). The van der Waals surface area contributed by atoms with Gasteiger partial charge in [-0.2, -0.15) is 0 Å². The van der Waals surface area contributed by atoms with Crippen molar-refractivity contribution >= 4 is 45.0 Å². The number of ether oxygens (including phenoxy) is 2. The maximum Gasteiger partial charge on any atom is 0.338 e. The Hall–Kier alpha value is -2.71. The minimum atomic E-state index is -0.813. The molecule has 3 N–H and O–H groups in total. The van der Waals surface area contributed by atoms with Crippen LogP contribution < -0.4 is 10.6 Å². The zero-order valence-electron chi connectivity index (χ0n) is 20.1. The first-order chi connectivity index (χ1) is 17.9. The Bertz CT molecular complexity index is 1190. The second-order valence-electron chi connectivity index (χ2n) is 8.20. The second kappa shape index (κ2) is 12.7. The van der Waals surface area contributed by atoms with Gasteiger partial charge in [-0.1, -0.05) is 22.0 Å². The number of thiazole rings is 1. The maximum absolute atomic E-state index is 13.9. The Labute approximate surface area is 225 Å². The van der Waals surface area contributed by atoms with Crippen molar-refractivity contribution in [2.24, 2.45) is 4.99 Å². The highest BCUT2D eigenvalue weighted by atomic mass is 79.9. The van der Waals surface area contributed by atoms with Crippen LogP contribution in [0, 0.1) is 5.82 Å². The van der Waals surface area contributed by atoms with Crippen molar-refractivity contribution < 1.29 is 28.6 Å². The Morgan fingerprint density at radius 2 is 2.27 bits per heavy atom. The van der Waals surface area contributed by atoms with Crippen molar-refractivity contribution in [3.8, 4) is 0 Å². The van der Waals surface area contributed by atoms with Crippen LogP contribution in [-0.4, -0.2) is 84.8 Å². The summed E-state index contributed by atoms with van der Waals surface area (Å²) >= 11 is 4.80. The monoisotopic (exact) mass is 595 g/mol. The fraction of sp³-hybridized carbons (Fsp3) is 0.417. The van der Waals surface area contributed by atoms with Crippen LogP contribution in [0.5, 0.6) is 0 Å². The van der Waals surface area contributed by atoms with E-state index in [1.807, 2.05) is 10.3 Å². The highest BCUT2D eigenvalue weighted by Gasteiger charge is 2.37. The van der Waals surface area contributed by atoms with Crippen LogP contribution in [0.3, 0.4) is 0 Å². The molecule has 1 aromatic heterocycles. The molecule has 2 unspecified atom stereocenters. The Kier molecular flexibility index (Phi) is 9.38. The van der Waals surface area contributed by atoms with Crippen molar-refractivity contribution in [3.05, 3.63) is 61.9 Å². The standard InChI is InChI=1S/C24H27BrFN5O5S/c1-2-36-24(34)19-17(12-31-7-9-35-13-18(31)22(33)27-5-8-32)29-21(23-28-6-10-37-23)30-20(19)15-4-3-14(26)11-16(15)25/h3-4,6,10-11,18,20,32H,2,5,7-9,12-13H2,1H3,(H,27,33)(H,29,30). The number of aliphatic hydroxyl groups excluding tert-OH is 1. The van der Waals surface area contributed by atoms with Crippen molar-refractivity contribution in [1.82, 2.24) is 20.5 Å². The predicted molar refractivity (Wildman–Crippen MR) is 139 cm³/mol. The van der Waals surface area contributed by atoms with Gasteiger partial charge in [0.2, 0.25) is 5.91 Å². The fourth-order valence-electron chi connectivity index (χ4n) is 4.14. The molecule has 198 valence electrons. The number of aromatic nitrogens is 1. The molecule has 1 aromatic carbocycles. The Morgan fingerprint density at radius 3 is 2.97 bits per heavy atom. The zero-order chi connectivity index (χ0) is 26.4. The lowest BCUT2D eigenvalue weighted by atomic mass is 9.95. The summed E-state index contributed by atoms with van der Waals surface area (Å²) in [5.74, 6) is -0.827. The van der Waals surface area contributed by atoms with E-state index in [0.29, 0.717) is 39.7 Å². The van der Waals surface area contributed by atoms with Gasteiger partial charge in [-0.3, -0.25) is 14.7 Å². The summed E-state index contributed by atoms with van der Waals surface area (Å²) < 4.78 is 25.3. The van der Waals surface area contributed by atoms with Crippen LogP contribution in [-0.2, 0) is 19.1 Å². The molecule has 0 radical (unpaired) electrons. The summed E-state index contributed by atoms with van der Waals surface area (Å²) in [6, 6.07) is 2.77. The van der Waals surface area contributed by atoms with E-state index in [1.165, 1.54) is 23.5 Å². The van der Waals surface area contributed by atoms with Gasteiger partial charge in [0.05, 0.1) is 32.0 Å². The molecule has 10 nitrogen and oxygen atoms in total. The van der Waals surface area contributed by atoms with E-state index >= 15 is 0 Å². The number of nitrogens with zero attached hydrogens (tertiary/aromatic N) is 3. The molecule has 1 fully saturated rings. The largest absolute Gasteiger partial charge is 0.463 e. The first-order valence-corrected chi connectivity index (χ1v) is 13.4. The van der Waals surface area contributed by atoms with Crippen LogP contribution in [0.2, 0.25) is 0 Å². The van der Waals surface area contributed by atoms with E-state index in [2.05, 4.69) is 31.5 Å². The number of aliphatic imine (C=N–C) groups is 1. The summed E-state index contributed by atoms with van der Waals surface area (Å²) in [7, 11) is 0. The molecule has 0 bridgehead atoms. The average Bonchev–Trinajstić information content (AvgIpc) is 3.42. The normalized spacial score (nSPS) is 20.3. The number of amidine groups is 1. The molecule has 3 heterocycles. The van der Waals surface area contributed by atoms with E-state index in [1.54, 1.807) is 19.2 Å². The molecule has 0 aliphatic carbocycles. The number of amides is 1. The molecular weight excluding hydrogens is 569 g/mol. The van der Waals surface area contributed by atoms with E-state index in [9.17, 15) is 14.0 Å². The molecule has 2 aromatic rings. The number of halogens is 2. The summed E-state index contributed by atoms with van der Waals surface area (Å²) in [6.45, 7) is 3.01. The quantitative estimate of drug-likeness (QED) is 0.375. The van der Waals surface area contributed by atoms with Gasteiger partial charge in [-0.15, -0.1) is 11.3 Å². The van der Waals surface area contributed by atoms with Gasteiger partial charge in [0.1, 0.15) is 17.9 Å². The van der Waals surface area contributed by atoms with Crippen LogP contribution in [0.4, 0.5) is 4.39 Å². The maximum atomic E-state index is 13.9. The number of rotatable bonds is 9. The lowest BCUT2D eigenvalue weighted by Crippen LogP contribution is -2.55. The number of esters is 1. The minimum absolute atomic E-state index is 0.125. The van der Waals surface area contributed by atoms with Crippen molar-refractivity contribution in [2.75, 3.05) is 46.1 Å². The number of hydrogen-bond acceptors (Lipinski definition) is 10. The number of nitrogens with one attached hydrogen (secondary N) is 2. The smallest absolute Gasteiger partial charge is 0.338 e. The van der Waals surface area contributed by atoms with Gasteiger partial charge < -0.3 is 25.2 Å². The summed E-state index contributed by atoms with van der Waals surface area (Å²) in [6.07, 6.45) is 1.65. The first-order valence-electron chi connectivity index (χ1n) is 11.7. The van der Waals surface area contributed by atoms with Gasteiger partial charge in [-0.25, -0.2) is 14.2 Å². The molecule has 1 amide bonds. The summed E-state index contributed by atoms with van der Waals surface area (Å²) in [4.78, 5) is 37.2. The third-order valence-electron chi connectivity index (χ3n) is 5.83. The van der Waals surface area contributed by atoms with Crippen molar-refractivity contribution in [1.29, 1.82) is 0 Å². The molecule has 2 aliphatic heterocycles. The number of carbonyl (C=O) groups is 2. The number of benzene rings is 1. The number of morpholine rings is 1. The topological polar surface area (TPSA) is 125 Å². The summed E-state index contributed by atoms with van der Waals surface area (Å²) in [5, 5.41) is 17.5. The number of hydrogen-bond donors (Lipinski definition) is 3. The van der Waals surface area contributed by atoms with Crippen LogP contribution in [0.15, 0.2) is 50.5 Å². The van der Waals surface area contributed by atoms with Crippen molar-refractivity contribution in [3.63, 3.8) is 0 Å². The molecular formula is C24H27BrFN5O5S. The molecule has 2 atom stereocenters. The molecule has 0 saturated carbocycles. The third kappa shape index (κ3) is 6.41. The molecule has 13 heteroatoms. The van der Waals surface area contributed by atoms with E-state index in [0.717, 1.165) is 0 Å². The summed E-state index contributed by atoms with van der Waals surface area (Å²) in [5.41, 5.74) is 1.34. The SMILES string of the molecule is CCOC(=O)C1=C(CN2CCOCC2C(=O)NCCO)NC(c2nccs2)=NC1c1ccc(F)cc1Br. The number of carbonyl (C=O) groups excluding carboxylic acids is 2. The first kappa shape index (κ1) is 27.3. The van der Waals surface area contributed by atoms with Gasteiger partial charge in [0.15, 0.2) is 10.8 Å². The average molecular weight is 596 g/mol. The fourth-order valence-corrected chi connectivity index (χ4v) is 5.29.